The molecule has 0 atom stereocenters. The van der Waals surface area contributed by atoms with Crippen LogP contribution in [-0.2, 0) is 0 Å². The van der Waals surface area contributed by atoms with Gasteiger partial charge < -0.3 is 15.8 Å². The monoisotopic (exact) mass is 144 g/mol. The van der Waals surface area contributed by atoms with Gasteiger partial charge in [0.1, 0.15) is 0 Å². The van der Waals surface area contributed by atoms with E-state index in [4.69, 9.17) is 11.6 Å². The second-order valence-corrected chi connectivity index (χ2v) is 1.50. The molecule has 54 valence electrons. The van der Waals surface area contributed by atoms with Gasteiger partial charge in [0.05, 0.1) is 5.21 Å². The lowest BCUT2D eigenvalue weighted by atomic mass is 10.7. The molecule has 0 fully saturated rings. The highest BCUT2D eigenvalue weighted by atomic mass is 16.6. The Bertz CT molecular complexity index is 245. The molecule has 0 saturated carbocycles. The third-order valence-electron chi connectivity index (χ3n) is 0.868. The van der Waals surface area contributed by atoms with E-state index < -0.39 is 10.7 Å². The first-order valence-electron chi connectivity index (χ1n) is 2.23. The molecule has 1 heterocycles. The molecule has 0 aromatic carbocycles. The van der Waals surface area contributed by atoms with Crippen LogP contribution in [-0.4, -0.2) is 20.0 Å². The SMILES string of the molecule is Nc1nnn(N)c1[N+](=O)[O-]. The third-order valence-corrected chi connectivity index (χ3v) is 0.868. The van der Waals surface area contributed by atoms with Crippen LogP contribution in [0.5, 0.6) is 0 Å². The summed E-state index contributed by atoms with van der Waals surface area (Å²) in [5, 5.41) is 16.3. The number of nitro groups is 1. The van der Waals surface area contributed by atoms with E-state index in [2.05, 4.69) is 10.3 Å². The van der Waals surface area contributed by atoms with Crippen molar-refractivity contribution >= 4 is 11.6 Å². The Morgan fingerprint density at radius 3 is 2.50 bits per heavy atom. The van der Waals surface area contributed by atoms with Crippen LogP contribution in [0.4, 0.5) is 11.6 Å². The van der Waals surface area contributed by atoms with E-state index in [1.54, 1.807) is 0 Å². The molecule has 0 unspecified atom stereocenters. The maximum Gasteiger partial charge on any atom is 0.413 e. The molecule has 1 rings (SSSR count). The first-order chi connectivity index (χ1) is 4.63. The van der Waals surface area contributed by atoms with E-state index in [0.717, 1.165) is 0 Å². The summed E-state index contributed by atoms with van der Waals surface area (Å²) in [6.45, 7) is 0. The Morgan fingerprint density at radius 2 is 2.30 bits per heavy atom. The molecule has 0 aliphatic carbocycles. The normalized spacial score (nSPS) is 9.60. The lowest BCUT2D eigenvalue weighted by molar-refractivity contribution is -0.391. The van der Waals surface area contributed by atoms with Crippen molar-refractivity contribution in [1.82, 2.24) is 15.1 Å². The van der Waals surface area contributed by atoms with Gasteiger partial charge in [-0.05, 0) is 9.71 Å². The molecule has 0 saturated heterocycles. The van der Waals surface area contributed by atoms with Crippen molar-refractivity contribution in [3.8, 4) is 0 Å². The van der Waals surface area contributed by atoms with Crippen LogP contribution in [0.2, 0.25) is 0 Å². The van der Waals surface area contributed by atoms with Gasteiger partial charge in [-0.25, -0.2) is 5.84 Å². The van der Waals surface area contributed by atoms with E-state index in [9.17, 15) is 10.1 Å². The average molecular weight is 144 g/mol. The summed E-state index contributed by atoms with van der Waals surface area (Å²) in [5.74, 6) is 4.18. The Labute approximate surface area is 54.5 Å². The van der Waals surface area contributed by atoms with Gasteiger partial charge in [-0.3, -0.25) is 0 Å². The zero-order chi connectivity index (χ0) is 7.72. The van der Waals surface area contributed by atoms with Crippen LogP contribution < -0.4 is 11.6 Å². The minimum Gasteiger partial charge on any atom is -0.375 e. The van der Waals surface area contributed by atoms with E-state index in [-0.39, 0.29) is 5.82 Å². The number of rotatable bonds is 1. The van der Waals surface area contributed by atoms with Crippen LogP contribution in [0.25, 0.3) is 0 Å². The molecule has 10 heavy (non-hydrogen) atoms. The van der Waals surface area contributed by atoms with Gasteiger partial charge in [0.15, 0.2) is 0 Å². The van der Waals surface area contributed by atoms with Gasteiger partial charge in [-0.1, -0.05) is 5.10 Å². The molecule has 8 nitrogen and oxygen atoms in total. The van der Waals surface area contributed by atoms with Crippen molar-refractivity contribution in [2.24, 2.45) is 0 Å². The molecule has 1 aromatic rings. The summed E-state index contributed by atoms with van der Waals surface area (Å²) < 4.78 is 0. The van der Waals surface area contributed by atoms with Crippen molar-refractivity contribution in [3.05, 3.63) is 10.1 Å². The number of aromatic nitrogens is 3. The number of nitrogen functional groups attached to an aromatic ring is 2. The Morgan fingerprint density at radius 1 is 1.70 bits per heavy atom. The van der Waals surface area contributed by atoms with Gasteiger partial charge >= 0.3 is 5.82 Å². The molecule has 4 N–H and O–H groups in total. The van der Waals surface area contributed by atoms with Crippen LogP contribution >= 0.6 is 0 Å². The second kappa shape index (κ2) is 1.83. The third kappa shape index (κ3) is 0.708. The first-order valence-corrected chi connectivity index (χ1v) is 2.23. The van der Waals surface area contributed by atoms with Crippen LogP contribution in [0.1, 0.15) is 0 Å². The fraction of sp³-hybridized carbons (Fsp3) is 0. The summed E-state index contributed by atoms with van der Waals surface area (Å²) in [6, 6.07) is 0. The summed E-state index contributed by atoms with van der Waals surface area (Å²) in [6.07, 6.45) is 0. The molecule has 0 aliphatic rings. The quantitative estimate of drug-likeness (QED) is 0.280. The highest BCUT2D eigenvalue weighted by Gasteiger charge is 2.18. The van der Waals surface area contributed by atoms with Gasteiger partial charge in [-0.15, -0.1) is 0 Å². The highest BCUT2D eigenvalue weighted by Crippen LogP contribution is 2.13. The van der Waals surface area contributed by atoms with E-state index in [1.807, 2.05) is 0 Å². The number of nitrogens with two attached hydrogens (primary N) is 2. The molecular weight excluding hydrogens is 140 g/mol. The van der Waals surface area contributed by atoms with Gasteiger partial charge in [0, 0.05) is 0 Å². The maximum absolute atomic E-state index is 10.0. The summed E-state index contributed by atoms with van der Waals surface area (Å²) in [4.78, 5) is 9.80. The Hall–Kier alpha value is -1.86. The Balaban J connectivity index is 3.23. The predicted octanol–water partition coefficient (Wildman–Crippen LogP) is -1.52. The van der Waals surface area contributed by atoms with Gasteiger partial charge in [-0.2, -0.15) is 0 Å². The standard InChI is InChI=1S/C2H4N6O2/c3-1-2(8(9)10)7(4)6-5-1/h3-4H2. The van der Waals surface area contributed by atoms with E-state index in [1.165, 1.54) is 0 Å². The van der Waals surface area contributed by atoms with Crippen molar-refractivity contribution in [2.75, 3.05) is 11.6 Å². The molecule has 0 radical (unpaired) electrons. The highest BCUT2D eigenvalue weighted by molar-refractivity contribution is 5.45. The minimum absolute atomic E-state index is 0.285. The van der Waals surface area contributed by atoms with Crippen molar-refractivity contribution in [3.63, 3.8) is 0 Å². The number of hydrogen-bond acceptors (Lipinski definition) is 6. The first kappa shape index (κ1) is 6.26. The number of anilines is 1. The molecular formula is C2H4N6O2. The van der Waals surface area contributed by atoms with Crippen molar-refractivity contribution in [1.29, 1.82) is 0 Å². The smallest absolute Gasteiger partial charge is 0.375 e. The molecule has 0 aliphatic heterocycles. The van der Waals surface area contributed by atoms with Crippen LogP contribution in [0.15, 0.2) is 0 Å². The molecule has 8 heteroatoms. The molecule has 1 aromatic heterocycles. The topological polar surface area (TPSA) is 126 Å². The van der Waals surface area contributed by atoms with Gasteiger partial charge in [0.2, 0.25) is 5.82 Å². The van der Waals surface area contributed by atoms with E-state index in [0.29, 0.717) is 4.79 Å². The molecule has 0 amide bonds. The zero-order valence-electron chi connectivity index (χ0n) is 4.76. The summed E-state index contributed by atoms with van der Waals surface area (Å²) >= 11 is 0. The Kier molecular flexibility index (Phi) is 1.14. The zero-order valence-corrected chi connectivity index (χ0v) is 4.76. The summed E-state index contributed by atoms with van der Waals surface area (Å²) in [7, 11) is 0. The lowest BCUT2D eigenvalue weighted by Crippen LogP contribution is -2.13. The van der Waals surface area contributed by atoms with Crippen LogP contribution in [0.3, 0.4) is 0 Å². The number of hydrogen-bond donors (Lipinski definition) is 2. The fourth-order valence-corrected chi connectivity index (χ4v) is 0.478. The maximum atomic E-state index is 10.0. The molecule has 0 bridgehead atoms. The predicted molar refractivity (Wildman–Crippen MR) is 31.2 cm³/mol. The summed E-state index contributed by atoms with van der Waals surface area (Å²) in [5.41, 5.74) is 5.03. The fourth-order valence-electron chi connectivity index (χ4n) is 0.478. The second-order valence-electron chi connectivity index (χ2n) is 1.50. The van der Waals surface area contributed by atoms with Gasteiger partial charge in [0.25, 0.3) is 0 Å². The van der Waals surface area contributed by atoms with Crippen LogP contribution in [0, 0.1) is 10.1 Å². The van der Waals surface area contributed by atoms with Crippen molar-refractivity contribution in [2.45, 2.75) is 0 Å². The largest absolute Gasteiger partial charge is 0.413 e. The van der Waals surface area contributed by atoms with Crippen molar-refractivity contribution < 1.29 is 4.92 Å². The minimum atomic E-state index is -0.755. The lowest BCUT2D eigenvalue weighted by Gasteiger charge is -1.89. The molecule has 0 spiro atoms. The van der Waals surface area contributed by atoms with E-state index >= 15 is 0 Å². The number of nitrogens with zero attached hydrogens (tertiary/aromatic N) is 4. The average Bonchev–Trinajstić information content (AvgIpc) is 2.11.